The summed E-state index contributed by atoms with van der Waals surface area (Å²) in [5, 5.41) is 9.94. The summed E-state index contributed by atoms with van der Waals surface area (Å²) in [6.45, 7) is 0.197. The van der Waals surface area contributed by atoms with Gasteiger partial charge in [-0.3, -0.25) is 9.36 Å². The normalized spacial score (nSPS) is 11.0. The van der Waals surface area contributed by atoms with E-state index in [-0.39, 0.29) is 18.7 Å². The number of thioether (sulfide) groups is 1. The summed E-state index contributed by atoms with van der Waals surface area (Å²) in [7, 11) is 1.30. The number of esters is 1. The lowest BCUT2D eigenvalue weighted by atomic mass is 10.1. The highest BCUT2D eigenvalue weighted by Gasteiger charge is 2.15. The van der Waals surface area contributed by atoms with Crippen molar-refractivity contribution in [2.24, 2.45) is 0 Å². The summed E-state index contributed by atoms with van der Waals surface area (Å²) in [6.07, 6.45) is 1.54. The molecule has 7 nitrogen and oxygen atoms in total. The Labute approximate surface area is 147 Å². The number of fused-ring (bicyclic) bond motifs is 1. The Balaban J connectivity index is 2.14. The van der Waals surface area contributed by atoms with Gasteiger partial charge in [0.15, 0.2) is 5.16 Å². The second-order valence-electron chi connectivity index (χ2n) is 5.16. The maximum absolute atomic E-state index is 12.9. The molecule has 0 radical (unpaired) electrons. The van der Waals surface area contributed by atoms with Crippen molar-refractivity contribution in [1.82, 2.24) is 9.55 Å². The Hall–Kier alpha value is -2.58. The summed E-state index contributed by atoms with van der Waals surface area (Å²) in [5.41, 5.74) is 0.492. The van der Waals surface area contributed by atoms with E-state index in [1.54, 1.807) is 18.2 Å². The van der Waals surface area contributed by atoms with E-state index in [0.29, 0.717) is 33.1 Å². The molecule has 0 bridgehead atoms. The molecule has 1 N–H and O–H groups in total. The number of aromatic nitrogens is 2. The topological polar surface area (TPSA) is 94.6 Å². The number of nitrogens with zero attached hydrogens (tertiary/aromatic N) is 2. The van der Waals surface area contributed by atoms with Crippen molar-refractivity contribution in [2.45, 2.75) is 11.7 Å². The maximum atomic E-state index is 12.9. The van der Waals surface area contributed by atoms with E-state index in [4.69, 9.17) is 14.3 Å². The van der Waals surface area contributed by atoms with Gasteiger partial charge in [0.1, 0.15) is 5.76 Å². The number of aliphatic hydroxyl groups excluding tert-OH is 1. The lowest BCUT2D eigenvalue weighted by molar-refractivity contribution is 0.0601. The van der Waals surface area contributed by atoms with Crippen LogP contribution in [-0.2, 0) is 11.3 Å². The van der Waals surface area contributed by atoms with Crippen LogP contribution in [0.4, 0.5) is 0 Å². The highest BCUT2D eigenvalue weighted by Crippen LogP contribution is 2.20. The molecule has 2 heterocycles. The molecule has 0 saturated heterocycles. The van der Waals surface area contributed by atoms with E-state index in [0.717, 1.165) is 0 Å². The van der Waals surface area contributed by atoms with Crippen molar-refractivity contribution in [3.05, 3.63) is 58.3 Å². The van der Waals surface area contributed by atoms with Crippen LogP contribution in [0.3, 0.4) is 0 Å². The fourth-order valence-electron chi connectivity index (χ4n) is 2.39. The van der Waals surface area contributed by atoms with E-state index < -0.39 is 5.97 Å². The van der Waals surface area contributed by atoms with E-state index in [1.807, 2.05) is 0 Å². The van der Waals surface area contributed by atoms with E-state index >= 15 is 0 Å². The summed E-state index contributed by atoms with van der Waals surface area (Å²) in [5.74, 6) is 0.528. The second-order valence-corrected chi connectivity index (χ2v) is 6.22. The van der Waals surface area contributed by atoms with Crippen LogP contribution in [0.15, 0.2) is 51.0 Å². The fourth-order valence-corrected chi connectivity index (χ4v) is 3.13. The average molecular weight is 360 g/mol. The van der Waals surface area contributed by atoms with Gasteiger partial charge in [0, 0.05) is 5.75 Å². The summed E-state index contributed by atoms with van der Waals surface area (Å²) >= 11 is 1.26. The average Bonchev–Trinajstić information content (AvgIpc) is 3.14. The number of methoxy groups -OCH3 is 1. The first-order valence-corrected chi connectivity index (χ1v) is 8.51. The molecule has 130 valence electrons. The smallest absolute Gasteiger partial charge is 0.337 e. The molecule has 0 amide bonds. The number of rotatable bonds is 6. The first-order valence-electron chi connectivity index (χ1n) is 7.53. The Morgan fingerprint density at radius 3 is 2.92 bits per heavy atom. The molecule has 1 aromatic carbocycles. The molecule has 0 aliphatic heterocycles. The number of carbonyl (C=O) groups excluding carboxylic acids is 1. The van der Waals surface area contributed by atoms with Crippen LogP contribution in [0.1, 0.15) is 16.1 Å². The Morgan fingerprint density at radius 2 is 2.24 bits per heavy atom. The van der Waals surface area contributed by atoms with E-state index in [9.17, 15) is 9.59 Å². The first-order chi connectivity index (χ1) is 12.1. The van der Waals surface area contributed by atoms with Gasteiger partial charge in [0.2, 0.25) is 0 Å². The molecule has 0 aliphatic rings. The number of benzene rings is 1. The molecule has 0 fully saturated rings. The SMILES string of the molecule is COC(=O)c1ccc2c(=O)n(Cc3ccco3)c(SCCO)nc2c1. The third-order valence-electron chi connectivity index (χ3n) is 3.56. The van der Waals surface area contributed by atoms with Gasteiger partial charge in [-0.2, -0.15) is 0 Å². The summed E-state index contributed by atoms with van der Waals surface area (Å²) in [4.78, 5) is 29.1. The third kappa shape index (κ3) is 3.59. The van der Waals surface area contributed by atoms with Crippen LogP contribution in [0, 0.1) is 0 Å². The van der Waals surface area contributed by atoms with Crippen molar-refractivity contribution in [2.75, 3.05) is 19.5 Å². The van der Waals surface area contributed by atoms with Crippen LogP contribution in [0.25, 0.3) is 10.9 Å². The minimum absolute atomic E-state index is 0.0402. The molecule has 3 aromatic rings. The molecule has 25 heavy (non-hydrogen) atoms. The van der Waals surface area contributed by atoms with Gasteiger partial charge in [-0.1, -0.05) is 11.8 Å². The van der Waals surface area contributed by atoms with Gasteiger partial charge in [-0.15, -0.1) is 0 Å². The number of hydrogen-bond acceptors (Lipinski definition) is 7. The predicted molar refractivity (Wildman–Crippen MR) is 93.0 cm³/mol. The van der Waals surface area contributed by atoms with Crippen molar-refractivity contribution in [3.63, 3.8) is 0 Å². The van der Waals surface area contributed by atoms with Crippen LogP contribution in [-0.4, -0.2) is 40.1 Å². The zero-order valence-electron chi connectivity index (χ0n) is 13.5. The molecule has 0 aliphatic carbocycles. The molecular weight excluding hydrogens is 344 g/mol. The Morgan fingerprint density at radius 1 is 1.40 bits per heavy atom. The quantitative estimate of drug-likeness (QED) is 0.408. The molecule has 0 spiro atoms. The fraction of sp³-hybridized carbons (Fsp3) is 0.235. The van der Waals surface area contributed by atoms with Crippen molar-refractivity contribution in [3.8, 4) is 0 Å². The largest absolute Gasteiger partial charge is 0.467 e. The second kappa shape index (κ2) is 7.54. The van der Waals surface area contributed by atoms with Crippen molar-refractivity contribution >= 4 is 28.6 Å². The van der Waals surface area contributed by atoms with Crippen molar-refractivity contribution < 1.29 is 19.1 Å². The van der Waals surface area contributed by atoms with Gasteiger partial charge >= 0.3 is 5.97 Å². The molecular formula is C17H16N2O5S. The number of carbonyl (C=O) groups is 1. The number of hydrogen-bond donors (Lipinski definition) is 1. The van der Waals surface area contributed by atoms with Gasteiger partial charge < -0.3 is 14.3 Å². The number of aliphatic hydroxyl groups is 1. The van der Waals surface area contributed by atoms with Crippen molar-refractivity contribution in [1.29, 1.82) is 0 Å². The standard InChI is InChI=1S/C17H16N2O5S/c1-23-16(22)11-4-5-13-14(9-11)18-17(25-8-6-20)19(15(13)21)10-12-3-2-7-24-12/h2-5,7,9,20H,6,8,10H2,1H3. The minimum Gasteiger partial charge on any atom is -0.467 e. The van der Waals surface area contributed by atoms with Crippen LogP contribution in [0.2, 0.25) is 0 Å². The lowest BCUT2D eigenvalue weighted by Gasteiger charge is -2.12. The molecule has 0 saturated carbocycles. The summed E-state index contributed by atoms with van der Waals surface area (Å²) < 4.78 is 11.5. The highest BCUT2D eigenvalue weighted by atomic mass is 32.2. The zero-order chi connectivity index (χ0) is 17.8. The predicted octanol–water partition coefficient (Wildman–Crippen LogP) is 1.91. The van der Waals surface area contributed by atoms with Crippen LogP contribution < -0.4 is 5.56 Å². The van der Waals surface area contributed by atoms with Gasteiger partial charge in [0.05, 0.1) is 43.0 Å². The number of furan rings is 1. The monoisotopic (exact) mass is 360 g/mol. The molecule has 3 rings (SSSR count). The van der Waals surface area contributed by atoms with Crippen LogP contribution in [0.5, 0.6) is 0 Å². The zero-order valence-corrected chi connectivity index (χ0v) is 14.3. The Kier molecular flexibility index (Phi) is 5.20. The first kappa shape index (κ1) is 17.2. The molecule has 8 heteroatoms. The third-order valence-corrected chi connectivity index (χ3v) is 4.51. The maximum Gasteiger partial charge on any atom is 0.337 e. The molecule has 0 atom stereocenters. The van der Waals surface area contributed by atoms with E-state index in [2.05, 4.69) is 4.98 Å². The van der Waals surface area contributed by atoms with Gasteiger partial charge in [-0.05, 0) is 30.3 Å². The van der Waals surface area contributed by atoms with E-state index in [1.165, 1.54) is 41.8 Å². The van der Waals surface area contributed by atoms with Crippen LogP contribution >= 0.6 is 11.8 Å². The minimum atomic E-state index is -0.493. The van der Waals surface area contributed by atoms with Gasteiger partial charge in [-0.25, -0.2) is 9.78 Å². The number of ether oxygens (including phenoxy) is 1. The molecule has 0 unspecified atom stereocenters. The highest BCUT2D eigenvalue weighted by molar-refractivity contribution is 7.99. The summed E-state index contributed by atoms with van der Waals surface area (Å²) in [6, 6.07) is 8.16. The lowest BCUT2D eigenvalue weighted by Crippen LogP contribution is -2.24. The molecule has 2 aromatic heterocycles. The van der Waals surface area contributed by atoms with Gasteiger partial charge in [0.25, 0.3) is 5.56 Å². The Bertz CT molecular complexity index is 950.